The minimum Gasteiger partial charge on any atom is -0.347 e. The number of fused-ring (bicyclic) bond motifs is 1. The standard InChI is InChI=1S/C23H26ClN7O/c1-16-10-11-19(31-25-13-14-26-31)20(27-16)21(32)29-15-7-12-22(29,2)23(3)28(4)17-8-5-6-9-18(17)30(23)24/h5-6,8-11,13-14H,7,12,15H2,1-4H3/t22-,23?/m0/s1. The van der Waals surface area contributed by atoms with Crippen LogP contribution in [-0.4, -0.2) is 55.6 Å². The summed E-state index contributed by atoms with van der Waals surface area (Å²) < 4.78 is 1.79. The number of hydrogen-bond acceptors (Lipinski definition) is 6. The summed E-state index contributed by atoms with van der Waals surface area (Å²) in [6.07, 6.45) is 4.88. The Hall–Kier alpha value is -3.13. The van der Waals surface area contributed by atoms with Crippen LogP contribution in [0.5, 0.6) is 0 Å². The van der Waals surface area contributed by atoms with Gasteiger partial charge in [0.1, 0.15) is 11.4 Å². The Bertz CT molecular complexity index is 1150. The van der Waals surface area contributed by atoms with Crippen LogP contribution in [0.3, 0.4) is 0 Å². The van der Waals surface area contributed by atoms with Gasteiger partial charge in [0.15, 0.2) is 5.69 Å². The topological polar surface area (TPSA) is 70.4 Å². The predicted molar refractivity (Wildman–Crippen MR) is 124 cm³/mol. The molecule has 2 aromatic heterocycles. The lowest BCUT2D eigenvalue weighted by Crippen LogP contribution is -2.70. The van der Waals surface area contributed by atoms with E-state index in [4.69, 9.17) is 11.8 Å². The second kappa shape index (κ2) is 7.20. The summed E-state index contributed by atoms with van der Waals surface area (Å²) in [4.78, 5) is 24.2. The van der Waals surface area contributed by atoms with Crippen LogP contribution < -0.4 is 9.32 Å². The molecule has 166 valence electrons. The van der Waals surface area contributed by atoms with Gasteiger partial charge in [-0.05, 0) is 57.9 Å². The van der Waals surface area contributed by atoms with E-state index < -0.39 is 11.2 Å². The van der Waals surface area contributed by atoms with Crippen LogP contribution in [0.25, 0.3) is 5.69 Å². The highest BCUT2D eigenvalue weighted by atomic mass is 35.5. The second-order valence-electron chi connectivity index (χ2n) is 8.82. The molecule has 1 saturated heterocycles. The number of aryl methyl sites for hydroxylation is 1. The Kier molecular flexibility index (Phi) is 4.67. The van der Waals surface area contributed by atoms with Gasteiger partial charge in [0.2, 0.25) is 0 Å². The number of carbonyl (C=O) groups is 1. The number of aromatic nitrogens is 4. The Morgan fingerprint density at radius 3 is 2.41 bits per heavy atom. The first kappa shape index (κ1) is 20.8. The molecule has 1 aromatic carbocycles. The van der Waals surface area contributed by atoms with Crippen molar-refractivity contribution in [3.05, 3.63) is 60.2 Å². The van der Waals surface area contributed by atoms with E-state index in [-0.39, 0.29) is 5.91 Å². The maximum absolute atomic E-state index is 14.0. The van der Waals surface area contributed by atoms with Gasteiger partial charge in [-0.2, -0.15) is 10.2 Å². The Balaban J connectivity index is 1.59. The normalized spacial score (nSPS) is 24.8. The smallest absolute Gasteiger partial charge is 0.275 e. The Labute approximate surface area is 192 Å². The molecule has 3 aromatic rings. The highest BCUT2D eigenvalue weighted by Crippen LogP contribution is 2.54. The number of rotatable bonds is 3. The van der Waals surface area contributed by atoms with Crippen LogP contribution in [0.4, 0.5) is 11.4 Å². The summed E-state index contributed by atoms with van der Waals surface area (Å²) >= 11 is 6.98. The van der Waals surface area contributed by atoms with Crippen LogP contribution in [-0.2, 0) is 0 Å². The lowest BCUT2D eigenvalue weighted by atomic mass is 9.83. The van der Waals surface area contributed by atoms with E-state index in [0.717, 1.165) is 29.9 Å². The molecule has 0 radical (unpaired) electrons. The molecule has 0 spiro atoms. The molecule has 9 heteroatoms. The molecule has 2 aliphatic heterocycles. The Morgan fingerprint density at radius 2 is 1.72 bits per heavy atom. The van der Waals surface area contributed by atoms with Gasteiger partial charge in [-0.3, -0.25) is 9.21 Å². The van der Waals surface area contributed by atoms with Gasteiger partial charge in [0, 0.05) is 31.1 Å². The first-order valence-electron chi connectivity index (χ1n) is 10.7. The molecule has 1 fully saturated rings. The predicted octanol–water partition coefficient (Wildman–Crippen LogP) is 3.79. The molecule has 1 unspecified atom stereocenters. The highest BCUT2D eigenvalue weighted by Gasteiger charge is 2.61. The number of anilines is 2. The van der Waals surface area contributed by atoms with Gasteiger partial charge >= 0.3 is 0 Å². The number of likely N-dealkylation sites (N-methyl/N-ethyl adjacent to an activating group) is 1. The van der Waals surface area contributed by atoms with Gasteiger partial charge in [0.25, 0.3) is 5.91 Å². The monoisotopic (exact) mass is 451 g/mol. The number of hydrogen-bond donors (Lipinski definition) is 0. The second-order valence-corrected chi connectivity index (χ2v) is 9.16. The molecule has 0 bridgehead atoms. The van der Waals surface area contributed by atoms with Crippen molar-refractivity contribution in [2.45, 2.75) is 44.8 Å². The van der Waals surface area contributed by atoms with E-state index in [1.165, 1.54) is 4.80 Å². The number of carbonyl (C=O) groups excluding carboxylic acids is 1. The van der Waals surface area contributed by atoms with Crippen molar-refractivity contribution in [1.29, 1.82) is 0 Å². The van der Waals surface area contributed by atoms with Crippen LogP contribution in [0.15, 0.2) is 48.8 Å². The van der Waals surface area contributed by atoms with Gasteiger partial charge < -0.3 is 9.80 Å². The van der Waals surface area contributed by atoms with E-state index in [0.29, 0.717) is 17.9 Å². The molecule has 2 atom stereocenters. The minimum atomic E-state index is -0.654. The average molecular weight is 452 g/mol. The molecular weight excluding hydrogens is 426 g/mol. The van der Waals surface area contributed by atoms with Crippen molar-refractivity contribution in [3.8, 4) is 5.69 Å². The molecule has 32 heavy (non-hydrogen) atoms. The third kappa shape index (κ3) is 2.68. The van der Waals surface area contributed by atoms with Crippen molar-refractivity contribution >= 4 is 29.1 Å². The van der Waals surface area contributed by atoms with Crippen molar-refractivity contribution in [2.24, 2.45) is 0 Å². The van der Waals surface area contributed by atoms with E-state index >= 15 is 0 Å². The third-order valence-corrected chi connectivity index (χ3v) is 7.76. The van der Waals surface area contributed by atoms with Crippen molar-refractivity contribution < 1.29 is 4.79 Å². The van der Waals surface area contributed by atoms with Crippen LogP contribution >= 0.6 is 11.8 Å². The minimum absolute atomic E-state index is 0.142. The first-order chi connectivity index (χ1) is 15.3. The largest absolute Gasteiger partial charge is 0.347 e. The number of benzene rings is 1. The highest BCUT2D eigenvalue weighted by molar-refractivity contribution is 6.28. The average Bonchev–Trinajstić information content (AvgIpc) is 3.51. The summed E-state index contributed by atoms with van der Waals surface area (Å²) in [6, 6.07) is 11.8. The molecule has 5 rings (SSSR count). The van der Waals surface area contributed by atoms with Crippen molar-refractivity contribution in [2.75, 3.05) is 22.9 Å². The molecular formula is C23H26ClN7O. The van der Waals surface area contributed by atoms with Gasteiger partial charge in [-0.15, -0.1) is 4.80 Å². The van der Waals surface area contributed by atoms with Gasteiger partial charge in [0.05, 0.1) is 29.3 Å². The Morgan fingerprint density at radius 1 is 1.03 bits per heavy atom. The van der Waals surface area contributed by atoms with Crippen LogP contribution in [0.2, 0.25) is 0 Å². The van der Waals surface area contributed by atoms with E-state index in [9.17, 15) is 4.79 Å². The number of nitrogens with zero attached hydrogens (tertiary/aromatic N) is 7. The molecule has 2 aliphatic rings. The van der Waals surface area contributed by atoms with E-state index in [2.05, 4.69) is 40.0 Å². The SMILES string of the molecule is Cc1ccc(-n2nccn2)c(C(=O)N2CCC[C@@]2(C)C2(C)N(C)c3ccccc3N2Cl)n1. The molecule has 8 nitrogen and oxygen atoms in total. The quantitative estimate of drug-likeness (QED) is 0.564. The number of halogens is 1. The van der Waals surface area contributed by atoms with Crippen molar-refractivity contribution in [1.82, 2.24) is 24.9 Å². The molecule has 0 aliphatic carbocycles. The zero-order valence-electron chi connectivity index (χ0n) is 18.7. The maximum atomic E-state index is 14.0. The molecule has 0 N–H and O–H groups in total. The zero-order valence-corrected chi connectivity index (χ0v) is 19.4. The summed E-state index contributed by atoms with van der Waals surface area (Å²) in [5.74, 6) is -0.142. The fraction of sp³-hybridized carbons (Fsp3) is 0.391. The first-order valence-corrected chi connectivity index (χ1v) is 11.1. The number of likely N-dealkylation sites (tertiary alicyclic amines) is 1. The third-order valence-electron chi connectivity index (χ3n) is 7.25. The number of pyridine rings is 1. The van der Waals surface area contributed by atoms with Gasteiger partial charge in [-0.25, -0.2) is 4.98 Å². The lowest BCUT2D eigenvalue weighted by molar-refractivity contribution is 0.0460. The van der Waals surface area contributed by atoms with Crippen LogP contribution in [0.1, 0.15) is 42.9 Å². The van der Waals surface area contributed by atoms with Gasteiger partial charge in [-0.1, -0.05) is 12.1 Å². The molecule has 4 heterocycles. The lowest BCUT2D eigenvalue weighted by Gasteiger charge is -2.53. The van der Waals surface area contributed by atoms with Crippen molar-refractivity contribution in [3.63, 3.8) is 0 Å². The summed E-state index contributed by atoms with van der Waals surface area (Å²) in [5.41, 5.74) is 2.43. The maximum Gasteiger partial charge on any atom is 0.275 e. The molecule has 1 amide bonds. The van der Waals surface area contributed by atoms with E-state index in [1.807, 2.05) is 49.2 Å². The van der Waals surface area contributed by atoms with E-state index in [1.54, 1.807) is 16.8 Å². The fourth-order valence-electron chi connectivity index (χ4n) is 5.20. The fourth-order valence-corrected chi connectivity index (χ4v) is 5.64. The summed E-state index contributed by atoms with van der Waals surface area (Å²) in [6.45, 7) is 6.73. The van der Waals surface area contributed by atoms with Crippen LogP contribution in [0, 0.1) is 6.92 Å². The number of para-hydroxylation sites is 2. The summed E-state index contributed by atoms with van der Waals surface area (Å²) in [7, 11) is 2.04. The summed E-state index contributed by atoms with van der Waals surface area (Å²) in [5, 5.41) is 8.44. The zero-order chi connectivity index (χ0) is 22.7. The number of amides is 1. The molecule has 0 saturated carbocycles.